The Morgan fingerprint density at radius 1 is 0.621 bits per heavy atom. The minimum Gasteiger partial charge on any atom is -0.354 e. The van der Waals surface area contributed by atoms with Gasteiger partial charge in [0, 0.05) is 50.5 Å². The molecule has 0 aliphatic carbocycles. The van der Waals surface area contributed by atoms with Crippen molar-refractivity contribution < 1.29 is 28.8 Å². The molecule has 2 heterocycles. The van der Waals surface area contributed by atoms with Crippen molar-refractivity contribution in [1.82, 2.24) is 31.1 Å². The van der Waals surface area contributed by atoms with E-state index in [2.05, 4.69) is 21.3 Å². The van der Waals surface area contributed by atoms with Gasteiger partial charge in [0.2, 0.25) is 35.4 Å². The molecule has 2 aliphatic heterocycles. The van der Waals surface area contributed by atoms with Gasteiger partial charge in [-0.15, -0.1) is 0 Å². The molecule has 0 saturated carbocycles. The molecule has 2 aromatic carbocycles. The summed E-state index contributed by atoms with van der Waals surface area (Å²) < 4.78 is 0. The molecule has 6 amide bonds. The maximum Gasteiger partial charge on any atom is 0.243 e. The lowest BCUT2D eigenvalue weighted by Gasteiger charge is -2.29. The quantitative estimate of drug-likeness (QED) is 0.0515. The van der Waals surface area contributed by atoms with Gasteiger partial charge in [-0.2, -0.15) is 0 Å². The van der Waals surface area contributed by atoms with E-state index in [4.69, 9.17) is 22.9 Å². The van der Waals surface area contributed by atoms with Gasteiger partial charge in [0.15, 0.2) is 0 Å². The van der Waals surface area contributed by atoms with E-state index in [0.29, 0.717) is 77.8 Å². The highest BCUT2D eigenvalue weighted by atomic mass is 33.1. The maximum atomic E-state index is 13.5. The van der Waals surface area contributed by atoms with E-state index in [1.807, 2.05) is 60.7 Å². The molecule has 18 heteroatoms. The van der Waals surface area contributed by atoms with Crippen molar-refractivity contribution >= 4 is 57.0 Å². The van der Waals surface area contributed by atoms with E-state index >= 15 is 0 Å². The molecule has 58 heavy (non-hydrogen) atoms. The summed E-state index contributed by atoms with van der Waals surface area (Å²) in [6.07, 6.45) is 3.91. The Hall–Kier alpha value is -4.20. The van der Waals surface area contributed by atoms with Crippen LogP contribution in [0.3, 0.4) is 0 Å². The lowest BCUT2D eigenvalue weighted by Crippen LogP contribution is -2.56. The first-order valence-electron chi connectivity index (χ1n) is 20.0. The van der Waals surface area contributed by atoms with Crippen LogP contribution < -0.4 is 44.2 Å². The number of nitrogens with two attached hydrogens (primary N) is 4. The summed E-state index contributed by atoms with van der Waals surface area (Å²) in [6.45, 7) is 2.35. The van der Waals surface area contributed by atoms with Gasteiger partial charge in [0.05, 0.1) is 12.1 Å². The number of nitrogens with zero attached hydrogens (tertiary/aromatic N) is 2. The highest BCUT2D eigenvalue weighted by molar-refractivity contribution is 8.76. The van der Waals surface area contributed by atoms with Gasteiger partial charge in [-0.1, -0.05) is 82.3 Å². The molecule has 318 valence electrons. The number of hydrogen-bond donors (Lipinski definition) is 8. The second-order valence-corrected chi connectivity index (χ2v) is 17.1. The van der Waals surface area contributed by atoms with Gasteiger partial charge in [-0.25, -0.2) is 0 Å². The van der Waals surface area contributed by atoms with Crippen molar-refractivity contribution in [3.8, 4) is 0 Å². The fourth-order valence-electron chi connectivity index (χ4n) is 6.95. The third-order valence-electron chi connectivity index (χ3n) is 10.1. The van der Waals surface area contributed by atoms with Gasteiger partial charge < -0.3 is 54.0 Å². The molecule has 2 fully saturated rings. The average Bonchev–Trinajstić information content (AvgIpc) is 3.93. The van der Waals surface area contributed by atoms with Crippen LogP contribution in [0.1, 0.15) is 49.7 Å². The predicted octanol–water partition coefficient (Wildman–Crippen LogP) is -0.611. The molecule has 12 N–H and O–H groups in total. The van der Waals surface area contributed by atoms with Crippen LogP contribution in [0, 0.1) is 0 Å². The number of nitrogens with one attached hydrogen (secondary N) is 4. The second-order valence-electron chi connectivity index (χ2n) is 14.5. The van der Waals surface area contributed by atoms with Crippen LogP contribution in [0.4, 0.5) is 0 Å². The molecule has 4 rings (SSSR count). The monoisotopic (exact) mass is 840 g/mol. The minimum atomic E-state index is -0.916. The molecule has 2 saturated heterocycles. The third kappa shape index (κ3) is 14.3. The molecular formula is C40H60N10O6S2. The molecule has 2 aliphatic rings. The van der Waals surface area contributed by atoms with Crippen molar-refractivity contribution in [3.05, 3.63) is 71.8 Å². The van der Waals surface area contributed by atoms with Gasteiger partial charge in [-0.3, -0.25) is 28.8 Å². The van der Waals surface area contributed by atoms with E-state index < -0.39 is 48.1 Å². The van der Waals surface area contributed by atoms with Crippen LogP contribution >= 0.6 is 21.6 Å². The molecule has 0 radical (unpaired) electrons. The summed E-state index contributed by atoms with van der Waals surface area (Å²) in [5.41, 5.74) is 25.6. The fourth-order valence-corrected chi connectivity index (χ4v) is 9.17. The van der Waals surface area contributed by atoms with E-state index in [9.17, 15) is 28.8 Å². The zero-order valence-corrected chi connectivity index (χ0v) is 34.7. The van der Waals surface area contributed by atoms with Crippen molar-refractivity contribution in [2.24, 2.45) is 22.9 Å². The number of likely N-dealkylation sites (tertiary alicyclic amines) is 2. The Bertz CT molecular complexity index is 1520. The first-order chi connectivity index (χ1) is 28.0. The lowest BCUT2D eigenvalue weighted by atomic mass is 10.0. The molecule has 2 aromatic rings. The normalized spacial score (nSPS) is 18.5. The Morgan fingerprint density at radius 2 is 1.00 bits per heavy atom. The Morgan fingerprint density at radius 3 is 1.36 bits per heavy atom. The van der Waals surface area contributed by atoms with Gasteiger partial charge in [-0.05, 0) is 62.7 Å². The number of amides is 6. The van der Waals surface area contributed by atoms with Crippen LogP contribution in [0.15, 0.2) is 60.7 Å². The standard InChI is InChI=1S/C40H60N10O6S2/c41-17-9-19-45-35(51)31(23-27-11-3-1-4-12-27)47-37(53)33-15-7-21-49(33)39(55)29(43)25-57-58-26-30(44)40(56)50-22-8-16-34(50)38(54)48-32(36(52)46-20-10-18-42)24-28-13-5-2-6-14-28/h1-6,11-14,29-34H,7-10,15-26,41-44H2,(H,45,51)(H,46,52)(H,47,53)(H,48,54)/t29-,30-,31-,32-,33-,34-/m0/s1. The van der Waals surface area contributed by atoms with Crippen LogP contribution in [0.2, 0.25) is 0 Å². The number of rotatable bonds is 23. The van der Waals surface area contributed by atoms with Crippen molar-refractivity contribution in [3.63, 3.8) is 0 Å². The molecular weight excluding hydrogens is 781 g/mol. The maximum absolute atomic E-state index is 13.5. The van der Waals surface area contributed by atoms with E-state index in [-0.39, 0.29) is 48.0 Å². The molecule has 0 aromatic heterocycles. The topological polar surface area (TPSA) is 261 Å². The zero-order valence-electron chi connectivity index (χ0n) is 33.0. The van der Waals surface area contributed by atoms with Crippen molar-refractivity contribution in [2.45, 2.75) is 87.6 Å². The van der Waals surface area contributed by atoms with Crippen LogP contribution in [-0.2, 0) is 41.6 Å². The third-order valence-corrected chi connectivity index (χ3v) is 12.6. The number of hydrogen-bond acceptors (Lipinski definition) is 12. The second kappa shape index (κ2) is 24.7. The van der Waals surface area contributed by atoms with Crippen LogP contribution in [-0.4, -0.2) is 132 Å². The first-order valence-corrected chi connectivity index (χ1v) is 22.5. The van der Waals surface area contributed by atoms with E-state index in [1.54, 1.807) is 0 Å². The summed E-state index contributed by atoms with van der Waals surface area (Å²) in [4.78, 5) is 83.2. The first kappa shape index (κ1) is 46.5. The minimum absolute atomic E-state index is 0.209. The predicted molar refractivity (Wildman–Crippen MR) is 228 cm³/mol. The van der Waals surface area contributed by atoms with Crippen molar-refractivity contribution in [2.75, 3.05) is 50.8 Å². The molecule has 0 unspecified atom stereocenters. The lowest BCUT2D eigenvalue weighted by molar-refractivity contribution is -0.140. The van der Waals surface area contributed by atoms with Gasteiger partial charge in [0.1, 0.15) is 24.2 Å². The Labute approximate surface area is 348 Å². The van der Waals surface area contributed by atoms with Crippen LogP contribution in [0.25, 0.3) is 0 Å². The van der Waals surface area contributed by atoms with Crippen LogP contribution in [0.5, 0.6) is 0 Å². The Balaban J connectivity index is 1.25. The van der Waals surface area contributed by atoms with Crippen molar-refractivity contribution in [1.29, 1.82) is 0 Å². The summed E-state index contributed by atoms with van der Waals surface area (Å²) in [7, 11) is 2.60. The van der Waals surface area contributed by atoms with E-state index in [0.717, 1.165) is 11.1 Å². The number of carbonyl (C=O) groups is 6. The smallest absolute Gasteiger partial charge is 0.243 e. The fraction of sp³-hybridized carbons (Fsp3) is 0.550. The van der Waals surface area contributed by atoms with Gasteiger partial charge >= 0.3 is 0 Å². The SMILES string of the molecule is NCCCNC(=O)[C@H](Cc1ccccc1)NC(=O)[C@@H]1CCCN1C(=O)[C@@H](N)CSSC[C@H](N)C(=O)N1CCC[C@H]1C(=O)N[C@@H](Cc1ccccc1)C(=O)NCCCN. The summed E-state index contributed by atoms with van der Waals surface area (Å²) >= 11 is 0. The summed E-state index contributed by atoms with van der Waals surface area (Å²) in [5.74, 6) is -1.79. The molecule has 6 atom stereocenters. The number of benzene rings is 2. The zero-order chi connectivity index (χ0) is 41.9. The summed E-state index contributed by atoms with van der Waals surface area (Å²) in [5, 5.41) is 11.4. The molecule has 0 spiro atoms. The largest absolute Gasteiger partial charge is 0.354 e. The van der Waals surface area contributed by atoms with E-state index in [1.165, 1.54) is 31.4 Å². The molecule has 16 nitrogen and oxygen atoms in total. The number of carbonyl (C=O) groups excluding carboxylic acids is 6. The van der Waals surface area contributed by atoms with Gasteiger partial charge in [0.25, 0.3) is 0 Å². The summed E-state index contributed by atoms with van der Waals surface area (Å²) in [6, 6.07) is 13.7. The average molecular weight is 841 g/mol. The molecule has 0 bridgehead atoms. The highest BCUT2D eigenvalue weighted by Gasteiger charge is 2.39. The highest BCUT2D eigenvalue weighted by Crippen LogP contribution is 2.26. The Kier molecular flexibility index (Phi) is 19.8.